The molecule has 0 saturated heterocycles. The summed E-state index contributed by atoms with van der Waals surface area (Å²) >= 11 is 3.32. The Kier molecular flexibility index (Phi) is 6.48. The lowest BCUT2D eigenvalue weighted by Crippen LogP contribution is -2.40. The molecule has 1 rings (SSSR count). The highest BCUT2D eigenvalue weighted by molar-refractivity contribution is 9.10. The Morgan fingerprint density at radius 2 is 2.05 bits per heavy atom. The average molecular weight is 360 g/mol. The number of benzene rings is 1. The summed E-state index contributed by atoms with van der Waals surface area (Å²) in [6.45, 7) is 3.98. The number of nitrogens with one attached hydrogen (secondary N) is 1. The molecule has 0 aliphatic rings. The van der Waals surface area contributed by atoms with Gasteiger partial charge in [-0.1, -0.05) is 6.92 Å². The fourth-order valence-corrected chi connectivity index (χ4v) is 2.27. The van der Waals surface area contributed by atoms with Gasteiger partial charge >= 0.3 is 5.97 Å². The van der Waals surface area contributed by atoms with E-state index in [1.165, 1.54) is 13.2 Å². The maximum absolute atomic E-state index is 12.1. The van der Waals surface area contributed by atoms with Crippen molar-refractivity contribution >= 4 is 27.8 Å². The van der Waals surface area contributed by atoms with Crippen molar-refractivity contribution in [2.75, 3.05) is 13.7 Å². The highest BCUT2D eigenvalue weighted by atomic mass is 79.9. The maximum Gasteiger partial charge on any atom is 0.326 e. The van der Waals surface area contributed by atoms with E-state index in [0.29, 0.717) is 34.6 Å². The van der Waals surface area contributed by atoms with E-state index in [-0.39, 0.29) is 0 Å². The highest BCUT2D eigenvalue weighted by Gasteiger charge is 2.20. The lowest BCUT2D eigenvalue weighted by Gasteiger charge is -2.15. The number of halogens is 1. The van der Waals surface area contributed by atoms with Crippen LogP contribution in [0.3, 0.4) is 0 Å². The fraction of sp³-hybridized carbons (Fsp3) is 0.429. The summed E-state index contributed by atoms with van der Waals surface area (Å²) < 4.78 is 11.2. The normalized spacial score (nSPS) is 11.6. The summed E-state index contributed by atoms with van der Waals surface area (Å²) in [7, 11) is 1.47. The van der Waals surface area contributed by atoms with Crippen LogP contribution in [0.2, 0.25) is 0 Å². The number of methoxy groups -OCH3 is 1. The number of aliphatic carboxylic acids is 1. The van der Waals surface area contributed by atoms with Gasteiger partial charge in [-0.05, 0) is 41.4 Å². The van der Waals surface area contributed by atoms with Gasteiger partial charge in [-0.2, -0.15) is 0 Å². The Balaban J connectivity index is 3.05. The Hall–Kier alpha value is -1.76. The van der Waals surface area contributed by atoms with Crippen molar-refractivity contribution < 1.29 is 24.2 Å². The van der Waals surface area contributed by atoms with E-state index in [0.717, 1.165) is 0 Å². The van der Waals surface area contributed by atoms with Crippen molar-refractivity contribution in [3.63, 3.8) is 0 Å². The number of amides is 1. The van der Waals surface area contributed by atoms with Gasteiger partial charge in [-0.3, -0.25) is 4.79 Å². The van der Waals surface area contributed by atoms with Crippen molar-refractivity contribution in [2.45, 2.75) is 26.3 Å². The summed E-state index contributed by atoms with van der Waals surface area (Å²) in [6, 6.07) is 2.16. The van der Waals surface area contributed by atoms with Gasteiger partial charge in [0, 0.05) is 5.56 Å². The molecule has 0 aliphatic heterocycles. The van der Waals surface area contributed by atoms with Crippen LogP contribution in [0.4, 0.5) is 0 Å². The largest absolute Gasteiger partial charge is 0.493 e. The van der Waals surface area contributed by atoms with E-state index >= 15 is 0 Å². The second kappa shape index (κ2) is 7.87. The van der Waals surface area contributed by atoms with Gasteiger partial charge in [0.05, 0.1) is 18.2 Å². The van der Waals surface area contributed by atoms with Gasteiger partial charge < -0.3 is 19.9 Å². The first-order chi connectivity index (χ1) is 9.94. The molecule has 0 heterocycles. The van der Waals surface area contributed by atoms with Gasteiger partial charge in [-0.25, -0.2) is 4.79 Å². The number of carboxylic acids is 1. The van der Waals surface area contributed by atoms with Crippen molar-refractivity contribution in [2.24, 2.45) is 0 Å². The van der Waals surface area contributed by atoms with Crippen LogP contribution in [-0.4, -0.2) is 36.7 Å². The second-order valence-electron chi connectivity index (χ2n) is 4.19. The van der Waals surface area contributed by atoms with Gasteiger partial charge in [0.2, 0.25) is 0 Å². The molecule has 0 spiro atoms. The summed E-state index contributed by atoms with van der Waals surface area (Å²) in [5.74, 6) is -0.643. The number of ether oxygens (including phenoxy) is 2. The quantitative estimate of drug-likeness (QED) is 0.780. The first-order valence-electron chi connectivity index (χ1n) is 6.48. The molecule has 1 aromatic rings. The zero-order valence-electron chi connectivity index (χ0n) is 12.1. The number of carboxylic acid groups (broad SMARTS) is 1. The summed E-state index contributed by atoms with van der Waals surface area (Å²) in [6.07, 6.45) is 0.302. The van der Waals surface area contributed by atoms with E-state index in [9.17, 15) is 9.59 Å². The minimum Gasteiger partial charge on any atom is -0.493 e. The summed E-state index contributed by atoms with van der Waals surface area (Å²) in [4.78, 5) is 23.1. The van der Waals surface area contributed by atoms with Gasteiger partial charge in [0.15, 0.2) is 11.5 Å². The van der Waals surface area contributed by atoms with Crippen LogP contribution < -0.4 is 14.8 Å². The molecule has 21 heavy (non-hydrogen) atoms. The first-order valence-corrected chi connectivity index (χ1v) is 7.27. The van der Waals surface area contributed by atoms with E-state index in [2.05, 4.69) is 21.2 Å². The molecule has 1 amide bonds. The molecule has 0 radical (unpaired) electrons. The van der Waals surface area contributed by atoms with Crippen molar-refractivity contribution in [3.05, 3.63) is 22.2 Å². The van der Waals surface area contributed by atoms with Crippen molar-refractivity contribution in [1.29, 1.82) is 0 Å². The third-order valence-corrected chi connectivity index (χ3v) is 3.38. The average Bonchev–Trinajstić information content (AvgIpc) is 2.45. The molecule has 0 aromatic heterocycles. The third kappa shape index (κ3) is 4.35. The molecule has 2 N–H and O–H groups in total. The van der Waals surface area contributed by atoms with E-state index in [1.807, 2.05) is 6.92 Å². The monoisotopic (exact) mass is 359 g/mol. The minimum absolute atomic E-state index is 0.293. The number of hydrogen-bond donors (Lipinski definition) is 2. The zero-order valence-corrected chi connectivity index (χ0v) is 13.7. The molecule has 7 heteroatoms. The zero-order chi connectivity index (χ0) is 16.0. The number of carbonyl (C=O) groups excluding carboxylic acids is 1. The van der Waals surface area contributed by atoms with Crippen LogP contribution in [0.25, 0.3) is 0 Å². The van der Waals surface area contributed by atoms with Crippen LogP contribution >= 0.6 is 15.9 Å². The standard InChI is InChI=1S/C14H18BrNO5/c1-4-10(14(18)19)16-13(17)8-6-9(15)12(21-5-2)11(7-8)20-3/h6-7,10H,4-5H2,1-3H3,(H,16,17)(H,18,19). The van der Waals surface area contributed by atoms with Crippen LogP contribution in [0, 0.1) is 0 Å². The molecular formula is C14H18BrNO5. The summed E-state index contributed by atoms with van der Waals surface area (Å²) in [5, 5.41) is 11.4. The Morgan fingerprint density at radius 1 is 1.38 bits per heavy atom. The molecule has 0 aliphatic carbocycles. The number of rotatable bonds is 7. The number of carbonyl (C=O) groups is 2. The molecule has 116 valence electrons. The number of hydrogen-bond acceptors (Lipinski definition) is 4. The SMILES string of the molecule is CCOc1c(Br)cc(C(=O)NC(CC)C(=O)O)cc1OC. The summed E-state index contributed by atoms with van der Waals surface area (Å²) in [5.41, 5.74) is 0.293. The van der Waals surface area contributed by atoms with E-state index in [1.54, 1.807) is 13.0 Å². The molecule has 1 atom stereocenters. The van der Waals surface area contributed by atoms with E-state index in [4.69, 9.17) is 14.6 Å². The first kappa shape index (κ1) is 17.3. The van der Waals surface area contributed by atoms with Gasteiger partial charge in [0.1, 0.15) is 6.04 Å². The smallest absolute Gasteiger partial charge is 0.326 e. The van der Waals surface area contributed by atoms with Crippen molar-refractivity contribution in [1.82, 2.24) is 5.32 Å². The molecule has 0 bridgehead atoms. The molecule has 0 fully saturated rings. The molecule has 1 aromatic carbocycles. The molecular weight excluding hydrogens is 342 g/mol. The Labute approximate surface area is 131 Å². The third-order valence-electron chi connectivity index (χ3n) is 2.79. The van der Waals surface area contributed by atoms with Crippen LogP contribution in [-0.2, 0) is 4.79 Å². The van der Waals surface area contributed by atoms with Crippen LogP contribution in [0.5, 0.6) is 11.5 Å². The lowest BCUT2D eigenvalue weighted by molar-refractivity contribution is -0.139. The van der Waals surface area contributed by atoms with Gasteiger partial charge in [-0.15, -0.1) is 0 Å². The Bertz CT molecular complexity index is 532. The van der Waals surface area contributed by atoms with Crippen LogP contribution in [0.15, 0.2) is 16.6 Å². The van der Waals surface area contributed by atoms with E-state index < -0.39 is 17.9 Å². The molecule has 1 unspecified atom stereocenters. The predicted octanol–water partition coefficient (Wildman–Crippen LogP) is 2.45. The fourth-order valence-electron chi connectivity index (χ4n) is 1.72. The molecule has 0 saturated carbocycles. The van der Waals surface area contributed by atoms with Crippen molar-refractivity contribution in [3.8, 4) is 11.5 Å². The highest BCUT2D eigenvalue weighted by Crippen LogP contribution is 2.36. The maximum atomic E-state index is 12.1. The predicted molar refractivity (Wildman–Crippen MR) is 81.0 cm³/mol. The molecule has 6 nitrogen and oxygen atoms in total. The Morgan fingerprint density at radius 3 is 2.52 bits per heavy atom. The second-order valence-corrected chi connectivity index (χ2v) is 5.05. The van der Waals surface area contributed by atoms with Crippen LogP contribution in [0.1, 0.15) is 30.6 Å². The lowest BCUT2D eigenvalue weighted by atomic mass is 10.1. The van der Waals surface area contributed by atoms with Gasteiger partial charge in [0.25, 0.3) is 5.91 Å². The topological polar surface area (TPSA) is 84.9 Å². The minimum atomic E-state index is -1.07.